The molecule has 0 amide bonds. The summed E-state index contributed by atoms with van der Waals surface area (Å²) >= 11 is 1.51. The van der Waals surface area contributed by atoms with Crippen molar-refractivity contribution in [2.24, 2.45) is 0 Å². The number of aromatic nitrogens is 2. The molecule has 0 aliphatic carbocycles. The van der Waals surface area contributed by atoms with E-state index in [1.807, 2.05) is 84.2 Å². The molecule has 4 rings (SSSR count). The van der Waals surface area contributed by atoms with Crippen molar-refractivity contribution >= 4 is 52.2 Å². The summed E-state index contributed by atoms with van der Waals surface area (Å²) in [5.41, 5.74) is 6.39. The molecule has 0 unspecified atom stereocenters. The molecule has 4 aromatic rings. The van der Waals surface area contributed by atoms with E-state index in [-0.39, 0.29) is 12.4 Å². The number of carbonyl (C=O) groups is 2. The third-order valence-corrected chi connectivity index (χ3v) is 3.61. The van der Waals surface area contributed by atoms with Crippen LogP contribution in [0.1, 0.15) is 0 Å². The standard InChI is InChI=1S/C7H7N3OS.2C6H6.2CH2O3.ClH/c1-11-6-5(8)10-7-4(9-6)2-3-12-7;2*1-2-4-6-5-3-1;2*2-1(3)4;/h2-3H,1H3,(H2,8,10);2*1-6H;2*(H2,2,3,4);1H. The zero-order chi connectivity index (χ0) is 24.2. The summed E-state index contributed by atoms with van der Waals surface area (Å²) in [4.78, 5) is 26.2. The Morgan fingerprint density at radius 3 is 1.42 bits per heavy atom. The Labute approximate surface area is 200 Å². The third kappa shape index (κ3) is 18.4. The smallest absolute Gasteiger partial charge is 0.478 e. The quantitative estimate of drug-likeness (QED) is 0.225. The summed E-state index contributed by atoms with van der Waals surface area (Å²) < 4.78 is 4.93. The van der Waals surface area contributed by atoms with Crippen LogP contribution in [0.5, 0.6) is 5.88 Å². The van der Waals surface area contributed by atoms with E-state index < -0.39 is 12.3 Å². The lowest BCUT2D eigenvalue weighted by molar-refractivity contribution is 0.135. The predicted octanol–water partition coefficient (Wildman–Crippen LogP) is 5.52. The van der Waals surface area contributed by atoms with Crippen molar-refractivity contribution in [3.8, 4) is 5.88 Å². The van der Waals surface area contributed by atoms with Crippen LogP contribution in [0.2, 0.25) is 0 Å². The largest absolute Gasteiger partial charge is 0.503 e. The van der Waals surface area contributed by atoms with Crippen LogP contribution in [-0.4, -0.2) is 49.8 Å². The lowest BCUT2D eigenvalue weighted by Gasteiger charge is -2.00. The van der Waals surface area contributed by atoms with Crippen LogP contribution < -0.4 is 10.5 Å². The topological polar surface area (TPSA) is 176 Å². The fourth-order valence-electron chi connectivity index (χ4n) is 1.71. The molecule has 0 atom stereocenters. The van der Waals surface area contributed by atoms with Gasteiger partial charge in [0.1, 0.15) is 10.3 Å². The SMILES string of the molecule is COc1nc2ccsc2nc1N.Cl.O=C(O)O.O=C(O)O.c1ccccc1.c1ccccc1. The molecule has 2 heterocycles. The van der Waals surface area contributed by atoms with E-state index in [4.69, 9.17) is 40.5 Å². The molecule has 0 spiro atoms. The molecule has 178 valence electrons. The lowest BCUT2D eigenvalue weighted by atomic mass is 10.4. The Hall–Kier alpha value is -4.09. The van der Waals surface area contributed by atoms with Crippen molar-refractivity contribution in [1.29, 1.82) is 0 Å². The Balaban J connectivity index is 0. The first-order valence-electron chi connectivity index (χ1n) is 8.66. The molecule has 2 aromatic carbocycles. The first-order valence-corrected chi connectivity index (χ1v) is 9.54. The number of benzene rings is 2. The maximum absolute atomic E-state index is 8.56. The van der Waals surface area contributed by atoms with Crippen molar-refractivity contribution in [2.75, 3.05) is 12.8 Å². The minimum absolute atomic E-state index is 0. The van der Waals surface area contributed by atoms with Gasteiger partial charge in [0, 0.05) is 0 Å². The van der Waals surface area contributed by atoms with Gasteiger partial charge >= 0.3 is 12.3 Å². The van der Waals surface area contributed by atoms with E-state index in [9.17, 15) is 0 Å². The number of nitrogens with two attached hydrogens (primary N) is 1. The van der Waals surface area contributed by atoms with E-state index in [2.05, 4.69) is 9.97 Å². The fraction of sp³-hybridized carbons (Fsp3) is 0.0476. The highest BCUT2D eigenvalue weighted by atomic mass is 35.5. The molecule has 33 heavy (non-hydrogen) atoms. The van der Waals surface area contributed by atoms with Crippen LogP contribution in [0.15, 0.2) is 84.2 Å². The van der Waals surface area contributed by atoms with Gasteiger partial charge in [0.2, 0.25) is 0 Å². The van der Waals surface area contributed by atoms with E-state index in [1.165, 1.54) is 18.4 Å². The number of carboxylic acid groups (broad SMARTS) is 4. The van der Waals surface area contributed by atoms with Gasteiger partial charge in [-0.3, -0.25) is 0 Å². The molecule has 0 saturated carbocycles. The van der Waals surface area contributed by atoms with Gasteiger partial charge in [-0.15, -0.1) is 23.7 Å². The molecule has 2 aromatic heterocycles. The van der Waals surface area contributed by atoms with Gasteiger partial charge in [0.05, 0.1) is 7.11 Å². The summed E-state index contributed by atoms with van der Waals surface area (Å²) in [6, 6.07) is 25.9. The van der Waals surface area contributed by atoms with Gasteiger partial charge in [-0.25, -0.2) is 19.6 Å². The molecule has 0 aliphatic heterocycles. The minimum atomic E-state index is -1.83. The maximum Gasteiger partial charge on any atom is 0.503 e. The zero-order valence-electron chi connectivity index (χ0n) is 17.4. The summed E-state index contributed by atoms with van der Waals surface area (Å²) in [5, 5.41) is 29.8. The van der Waals surface area contributed by atoms with Gasteiger partial charge in [-0.1, -0.05) is 72.8 Å². The molecular formula is C21H24ClN3O7S. The van der Waals surface area contributed by atoms with E-state index in [1.54, 1.807) is 0 Å². The Morgan fingerprint density at radius 2 is 1.12 bits per heavy atom. The Bertz CT molecular complexity index is 917. The fourth-order valence-corrected chi connectivity index (χ4v) is 2.42. The van der Waals surface area contributed by atoms with Crippen LogP contribution in [0.4, 0.5) is 15.4 Å². The number of nitrogen functional groups attached to an aromatic ring is 1. The molecule has 0 bridgehead atoms. The van der Waals surface area contributed by atoms with Gasteiger partial charge in [0.25, 0.3) is 5.88 Å². The molecule has 0 radical (unpaired) electrons. The van der Waals surface area contributed by atoms with Crippen molar-refractivity contribution in [1.82, 2.24) is 9.97 Å². The Kier molecular flexibility index (Phi) is 18.7. The average Bonchev–Trinajstić information content (AvgIpc) is 3.23. The third-order valence-electron chi connectivity index (χ3n) is 2.81. The van der Waals surface area contributed by atoms with Crippen molar-refractivity contribution in [2.45, 2.75) is 0 Å². The number of nitrogens with zero attached hydrogens (tertiary/aromatic N) is 2. The van der Waals surface area contributed by atoms with E-state index in [0.29, 0.717) is 11.7 Å². The van der Waals surface area contributed by atoms with Gasteiger partial charge < -0.3 is 30.9 Å². The number of methoxy groups -OCH3 is 1. The molecule has 0 aliphatic rings. The lowest BCUT2D eigenvalue weighted by Crippen LogP contribution is -1.97. The second-order valence-corrected chi connectivity index (χ2v) is 6.00. The number of ether oxygens (including phenoxy) is 1. The predicted molar refractivity (Wildman–Crippen MR) is 130 cm³/mol. The highest BCUT2D eigenvalue weighted by Gasteiger charge is 2.05. The van der Waals surface area contributed by atoms with Gasteiger partial charge in [-0.05, 0) is 11.4 Å². The highest BCUT2D eigenvalue weighted by Crippen LogP contribution is 2.23. The molecule has 10 nitrogen and oxygen atoms in total. The number of fused-ring (bicyclic) bond motifs is 1. The van der Waals surface area contributed by atoms with Crippen LogP contribution in [0.25, 0.3) is 10.3 Å². The van der Waals surface area contributed by atoms with Crippen LogP contribution in [0, 0.1) is 0 Å². The second-order valence-electron chi connectivity index (χ2n) is 5.10. The monoisotopic (exact) mass is 497 g/mol. The number of anilines is 1. The van der Waals surface area contributed by atoms with Crippen molar-refractivity contribution < 1.29 is 34.8 Å². The first-order chi connectivity index (χ1) is 15.3. The summed E-state index contributed by atoms with van der Waals surface area (Å²) in [6.07, 6.45) is -3.67. The number of thiophene rings is 1. The molecule has 0 saturated heterocycles. The second kappa shape index (κ2) is 19.8. The minimum Gasteiger partial charge on any atom is -0.478 e. The number of hydrogen-bond acceptors (Lipinski definition) is 7. The average molecular weight is 498 g/mol. The number of halogens is 1. The summed E-state index contributed by atoms with van der Waals surface area (Å²) in [7, 11) is 1.53. The normalized spacial score (nSPS) is 8.15. The van der Waals surface area contributed by atoms with Crippen LogP contribution in [0.3, 0.4) is 0 Å². The first kappa shape index (κ1) is 31.1. The van der Waals surface area contributed by atoms with E-state index in [0.717, 1.165) is 10.3 Å². The number of hydrogen-bond donors (Lipinski definition) is 5. The van der Waals surface area contributed by atoms with Crippen molar-refractivity contribution in [3.05, 3.63) is 84.2 Å². The number of rotatable bonds is 1. The maximum atomic E-state index is 8.56. The molecule has 12 heteroatoms. The van der Waals surface area contributed by atoms with Gasteiger partial charge in [0.15, 0.2) is 5.82 Å². The molecule has 6 N–H and O–H groups in total. The summed E-state index contributed by atoms with van der Waals surface area (Å²) in [6.45, 7) is 0. The van der Waals surface area contributed by atoms with Gasteiger partial charge in [-0.2, -0.15) is 0 Å². The van der Waals surface area contributed by atoms with Crippen LogP contribution in [-0.2, 0) is 0 Å². The summed E-state index contributed by atoms with van der Waals surface area (Å²) in [5.74, 6) is 0.730. The van der Waals surface area contributed by atoms with E-state index >= 15 is 0 Å². The van der Waals surface area contributed by atoms with Crippen molar-refractivity contribution in [3.63, 3.8) is 0 Å². The molecular weight excluding hydrogens is 474 g/mol. The zero-order valence-corrected chi connectivity index (χ0v) is 19.0. The van der Waals surface area contributed by atoms with Crippen LogP contribution >= 0.6 is 23.7 Å². The molecule has 0 fully saturated rings. The Morgan fingerprint density at radius 1 is 0.788 bits per heavy atom. The highest BCUT2D eigenvalue weighted by molar-refractivity contribution is 7.16.